The van der Waals surface area contributed by atoms with E-state index in [0.29, 0.717) is 6.54 Å². The summed E-state index contributed by atoms with van der Waals surface area (Å²) in [6, 6.07) is 10.4. The van der Waals surface area contributed by atoms with Gasteiger partial charge in [-0.25, -0.2) is 0 Å². The fourth-order valence-corrected chi connectivity index (χ4v) is 3.98. The molecule has 0 atom stereocenters. The largest absolute Gasteiger partial charge is 0.494 e. The molecule has 1 saturated heterocycles. The van der Waals surface area contributed by atoms with Crippen molar-refractivity contribution < 1.29 is 9.57 Å². The Morgan fingerprint density at radius 1 is 1.10 bits per heavy atom. The number of ether oxygens (including phenoxy) is 1. The number of hydrogen-bond donors (Lipinski definition) is 0. The third-order valence-electron chi connectivity index (χ3n) is 5.74. The van der Waals surface area contributed by atoms with Gasteiger partial charge in [0.2, 0.25) is 5.72 Å². The molecule has 156 valence electrons. The Labute approximate surface area is 172 Å². The molecule has 4 rings (SSSR count). The Morgan fingerprint density at radius 3 is 2.52 bits per heavy atom. The maximum Gasteiger partial charge on any atom is 0.214 e. The molecule has 0 saturated carbocycles. The SMILES string of the molecule is CCCOc1ccc(CC2=NOC3(CCN(C)CC3)N2Cc2ccn(C)n2)cc1. The summed E-state index contributed by atoms with van der Waals surface area (Å²) in [6.45, 7) is 5.58. The molecule has 0 aliphatic carbocycles. The van der Waals surface area contributed by atoms with Gasteiger partial charge in [-0.15, -0.1) is 0 Å². The zero-order valence-electron chi connectivity index (χ0n) is 17.7. The van der Waals surface area contributed by atoms with Crippen LogP contribution in [0.4, 0.5) is 0 Å². The summed E-state index contributed by atoms with van der Waals surface area (Å²) in [5, 5.41) is 9.13. The minimum Gasteiger partial charge on any atom is -0.494 e. The van der Waals surface area contributed by atoms with E-state index in [1.165, 1.54) is 5.56 Å². The quantitative estimate of drug-likeness (QED) is 0.719. The normalized spacial score (nSPS) is 18.7. The van der Waals surface area contributed by atoms with Crippen LogP contribution in [0.25, 0.3) is 0 Å². The molecule has 7 heteroatoms. The van der Waals surface area contributed by atoms with Gasteiger partial charge in [-0.2, -0.15) is 5.10 Å². The van der Waals surface area contributed by atoms with Gasteiger partial charge in [0.15, 0.2) is 5.84 Å². The van der Waals surface area contributed by atoms with Gasteiger partial charge in [0.25, 0.3) is 0 Å². The lowest BCUT2D eigenvalue weighted by Crippen LogP contribution is -2.54. The van der Waals surface area contributed by atoms with E-state index in [0.717, 1.165) is 62.7 Å². The number of likely N-dealkylation sites (tertiary alicyclic amines) is 1. The van der Waals surface area contributed by atoms with Crippen LogP contribution in [0.15, 0.2) is 41.7 Å². The van der Waals surface area contributed by atoms with Crippen LogP contribution in [0, 0.1) is 0 Å². The molecule has 7 nitrogen and oxygen atoms in total. The highest BCUT2D eigenvalue weighted by Crippen LogP contribution is 2.36. The van der Waals surface area contributed by atoms with E-state index in [1.54, 1.807) is 0 Å². The van der Waals surface area contributed by atoms with Crippen molar-refractivity contribution in [3.8, 4) is 5.75 Å². The second kappa shape index (κ2) is 8.45. The van der Waals surface area contributed by atoms with Gasteiger partial charge in [-0.3, -0.25) is 4.68 Å². The van der Waals surface area contributed by atoms with Gasteiger partial charge >= 0.3 is 0 Å². The highest BCUT2D eigenvalue weighted by Gasteiger charge is 2.47. The van der Waals surface area contributed by atoms with Crippen molar-refractivity contribution >= 4 is 5.84 Å². The summed E-state index contributed by atoms with van der Waals surface area (Å²) < 4.78 is 7.55. The van der Waals surface area contributed by atoms with E-state index in [1.807, 2.05) is 30.1 Å². The Hall–Kier alpha value is -2.54. The first-order valence-electron chi connectivity index (χ1n) is 10.5. The maximum atomic E-state index is 6.11. The maximum absolute atomic E-state index is 6.11. The molecular weight excluding hydrogens is 366 g/mol. The smallest absolute Gasteiger partial charge is 0.214 e. The zero-order chi connectivity index (χ0) is 20.3. The third-order valence-corrected chi connectivity index (χ3v) is 5.74. The van der Waals surface area contributed by atoms with Gasteiger partial charge in [-0.05, 0) is 37.2 Å². The molecule has 0 N–H and O–H groups in total. The van der Waals surface area contributed by atoms with Crippen LogP contribution in [-0.4, -0.2) is 57.9 Å². The summed E-state index contributed by atoms with van der Waals surface area (Å²) in [7, 11) is 4.11. The van der Waals surface area contributed by atoms with Gasteiger partial charge < -0.3 is 19.4 Å². The van der Waals surface area contributed by atoms with Gasteiger partial charge in [0.05, 0.1) is 18.8 Å². The fraction of sp³-hybridized carbons (Fsp3) is 0.545. The standard InChI is InChI=1S/C22H31N5O2/c1-4-15-28-20-7-5-18(6-8-20)16-21-24-29-22(10-13-25(2)14-11-22)27(21)17-19-9-12-26(3)23-19/h5-9,12H,4,10-11,13-17H2,1-3H3. The van der Waals surface area contributed by atoms with Crippen LogP contribution < -0.4 is 4.74 Å². The number of aryl methyl sites for hydroxylation is 1. The lowest BCUT2D eigenvalue weighted by molar-refractivity contribution is -0.133. The average molecular weight is 398 g/mol. The van der Waals surface area contributed by atoms with Crippen LogP contribution in [0.2, 0.25) is 0 Å². The van der Waals surface area contributed by atoms with Crippen molar-refractivity contribution in [1.82, 2.24) is 19.6 Å². The number of hydrogen-bond acceptors (Lipinski definition) is 6. The molecule has 1 aromatic heterocycles. The van der Waals surface area contributed by atoms with Crippen molar-refractivity contribution in [1.29, 1.82) is 0 Å². The summed E-state index contributed by atoms with van der Waals surface area (Å²) >= 11 is 0. The molecule has 3 heterocycles. The summed E-state index contributed by atoms with van der Waals surface area (Å²) in [6.07, 6.45) is 5.60. The van der Waals surface area contributed by atoms with Crippen molar-refractivity contribution in [3.63, 3.8) is 0 Å². The van der Waals surface area contributed by atoms with Crippen molar-refractivity contribution in [2.24, 2.45) is 12.2 Å². The molecule has 0 radical (unpaired) electrons. The van der Waals surface area contributed by atoms with Gasteiger partial charge in [0.1, 0.15) is 5.75 Å². The van der Waals surface area contributed by atoms with Crippen LogP contribution >= 0.6 is 0 Å². The minimum absolute atomic E-state index is 0.358. The lowest BCUT2D eigenvalue weighted by atomic mass is 9.97. The van der Waals surface area contributed by atoms with Crippen LogP contribution in [0.5, 0.6) is 5.75 Å². The van der Waals surface area contributed by atoms with Crippen molar-refractivity contribution in [2.45, 2.75) is 44.9 Å². The molecule has 0 amide bonds. The number of aromatic nitrogens is 2. The van der Waals surface area contributed by atoms with Crippen LogP contribution in [0.1, 0.15) is 37.4 Å². The highest BCUT2D eigenvalue weighted by molar-refractivity contribution is 5.85. The predicted octanol–water partition coefficient (Wildman–Crippen LogP) is 3.02. The Morgan fingerprint density at radius 2 is 1.86 bits per heavy atom. The topological polar surface area (TPSA) is 55.1 Å². The summed E-state index contributed by atoms with van der Waals surface area (Å²) in [5.74, 6) is 1.89. The molecule has 0 unspecified atom stereocenters. The monoisotopic (exact) mass is 397 g/mol. The molecule has 1 aromatic carbocycles. The second-order valence-electron chi connectivity index (χ2n) is 8.08. The first-order valence-corrected chi connectivity index (χ1v) is 10.5. The fourth-order valence-electron chi connectivity index (χ4n) is 3.98. The number of amidine groups is 1. The lowest BCUT2D eigenvalue weighted by Gasteiger charge is -2.42. The Kier molecular flexibility index (Phi) is 5.76. The highest BCUT2D eigenvalue weighted by atomic mass is 16.7. The number of nitrogens with zero attached hydrogens (tertiary/aromatic N) is 5. The third kappa shape index (κ3) is 4.40. The number of rotatable bonds is 7. The summed E-state index contributed by atoms with van der Waals surface area (Å²) in [5.41, 5.74) is 1.88. The van der Waals surface area contributed by atoms with Crippen molar-refractivity contribution in [3.05, 3.63) is 47.8 Å². The van der Waals surface area contributed by atoms with Gasteiger partial charge in [-0.1, -0.05) is 24.2 Å². The van der Waals surface area contributed by atoms with E-state index in [-0.39, 0.29) is 5.72 Å². The summed E-state index contributed by atoms with van der Waals surface area (Å²) in [4.78, 5) is 10.8. The van der Waals surface area contributed by atoms with Crippen molar-refractivity contribution in [2.75, 3.05) is 26.7 Å². The number of benzene rings is 1. The minimum atomic E-state index is -0.358. The number of piperidine rings is 1. The Bertz CT molecular complexity index is 837. The average Bonchev–Trinajstić information content (AvgIpc) is 3.29. The Balaban J connectivity index is 1.51. The molecule has 1 fully saturated rings. The van der Waals surface area contributed by atoms with Crippen LogP contribution in [0.3, 0.4) is 0 Å². The van der Waals surface area contributed by atoms with Crippen LogP contribution in [-0.2, 0) is 24.9 Å². The first kappa shape index (κ1) is 19.8. The van der Waals surface area contributed by atoms with Gasteiger partial charge in [0, 0.05) is 45.6 Å². The second-order valence-corrected chi connectivity index (χ2v) is 8.08. The number of oxime groups is 1. The van der Waals surface area contributed by atoms with E-state index in [4.69, 9.17) is 9.57 Å². The molecule has 2 aliphatic rings. The van der Waals surface area contributed by atoms with E-state index in [9.17, 15) is 0 Å². The molecule has 0 bridgehead atoms. The van der Waals surface area contributed by atoms with E-state index >= 15 is 0 Å². The zero-order valence-corrected chi connectivity index (χ0v) is 17.7. The van der Waals surface area contributed by atoms with E-state index in [2.05, 4.69) is 52.2 Å². The van der Waals surface area contributed by atoms with E-state index < -0.39 is 0 Å². The predicted molar refractivity (Wildman–Crippen MR) is 113 cm³/mol. The molecule has 1 spiro atoms. The molecule has 2 aromatic rings. The molecule has 2 aliphatic heterocycles. The molecular formula is C22H31N5O2. The first-order chi connectivity index (χ1) is 14.1. The molecule has 29 heavy (non-hydrogen) atoms.